The van der Waals surface area contributed by atoms with E-state index in [-0.39, 0.29) is 32.0 Å². The van der Waals surface area contributed by atoms with Gasteiger partial charge in [-0.15, -0.1) is 0 Å². The minimum absolute atomic E-state index is 0.212. The lowest BCUT2D eigenvalue weighted by Crippen LogP contribution is -2.59. The SMILES string of the molecule is CCCCCCCC/C=C/CCCCCC(=O)O[C@H](COC(=O)CCCCCCCCC)CO[C@H]1O[C@@H](CO)[C@@H](O)C(O)C1O. The summed E-state index contributed by atoms with van der Waals surface area (Å²) in [6, 6.07) is 0. The second-order valence-electron chi connectivity index (χ2n) is 12.3. The molecule has 4 N–H and O–H groups in total. The van der Waals surface area contributed by atoms with Crippen LogP contribution in [0.1, 0.15) is 142 Å². The smallest absolute Gasteiger partial charge is 0.306 e. The average molecular weight is 645 g/mol. The molecule has 0 aliphatic carbocycles. The summed E-state index contributed by atoms with van der Waals surface area (Å²) in [7, 11) is 0. The number of carbonyl (C=O) groups excluding carboxylic acids is 2. The highest BCUT2D eigenvalue weighted by atomic mass is 16.7. The van der Waals surface area contributed by atoms with Gasteiger partial charge in [-0.05, 0) is 38.5 Å². The molecule has 0 aromatic carbocycles. The summed E-state index contributed by atoms with van der Waals surface area (Å²) < 4.78 is 21.9. The van der Waals surface area contributed by atoms with Crippen LogP contribution in [0.25, 0.3) is 0 Å². The number of ether oxygens (including phenoxy) is 4. The Balaban J connectivity index is 2.44. The molecule has 1 fully saturated rings. The lowest BCUT2D eigenvalue weighted by atomic mass is 9.99. The van der Waals surface area contributed by atoms with Gasteiger partial charge in [0, 0.05) is 12.8 Å². The molecule has 0 aromatic heterocycles. The second-order valence-corrected chi connectivity index (χ2v) is 12.3. The molecule has 1 heterocycles. The predicted molar refractivity (Wildman–Crippen MR) is 173 cm³/mol. The molecule has 0 amide bonds. The molecule has 0 radical (unpaired) electrons. The fraction of sp³-hybridized carbons (Fsp3) is 0.886. The number of unbranched alkanes of at least 4 members (excludes halogenated alkanes) is 15. The van der Waals surface area contributed by atoms with Gasteiger partial charge in [-0.1, -0.05) is 103 Å². The molecule has 0 bridgehead atoms. The maximum Gasteiger partial charge on any atom is 0.306 e. The number of rotatable bonds is 28. The number of carbonyl (C=O) groups is 2. The minimum Gasteiger partial charge on any atom is -0.462 e. The van der Waals surface area contributed by atoms with E-state index in [2.05, 4.69) is 26.0 Å². The van der Waals surface area contributed by atoms with Gasteiger partial charge < -0.3 is 39.4 Å². The third-order valence-electron chi connectivity index (χ3n) is 8.15. The molecule has 0 saturated carbocycles. The molecule has 1 rings (SSSR count). The fourth-order valence-corrected chi connectivity index (χ4v) is 5.24. The van der Waals surface area contributed by atoms with Crippen molar-refractivity contribution in [2.45, 2.75) is 179 Å². The standard InChI is InChI=1S/C35H64O10/c1-3-5-7-9-11-12-13-14-15-16-18-20-22-24-31(38)44-28(26-42-30(37)23-21-19-17-10-8-6-4-2)27-43-35-34(41)33(40)32(39)29(25-36)45-35/h14-15,28-29,32-36,39-41H,3-13,16-27H2,1-2H3/b15-14+/t28-,29+,32-,33?,34?,35+/m1/s1. The zero-order valence-electron chi connectivity index (χ0n) is 28.1. The van der Waals surface area contributed by atoms with E-state index in [1.807, 2.05) is 0 Å². The minimum atomic E-state index is -1.59. The first-order valence-electron chi connectivity index (χ1n) is 17.8. The number of aliphatic hydroxyl groups excluding tert-OH is 4. The molecule has 10 heteroatoms. The Morgan fingerprint density at radius 1 is 0.667 bits per heavy atom. The summed E-state index contributed by atoms with van der Waals surface area (Å²) in [6.07, 6.45) is 16.8. The van der Waals surface area contributed by atoms with Crippen LogP contribution in [-0.4, -0.2) is 89.0 Å². The van der Waals surface area contributed by atoms with E-state index in [1.165, 1.54) is 57.8 Å². The number of hydrogen-bond acceptors (Lipinski definition) is 10. The van der Waals surface area contributed by atoms with Crippen molar-refractivity contribution in [1.29, 1.82) is 0 Å². The maximum atomic E-state index is 12.6. The van der Waals surface area contributed by atoms with Crippen molar-refractivity contribution in [1.82, 2.24) is 0 Å². The van der Waals surface area contributed by atoms with Crippen molar-refractivity contribution < 1.29 is 49.0 Å². The first kappa shape index (κ1) is 41.5. The monoisotopic (exact) mass is 644 g/mol. The van der Waals surface area contributed by atoms with Crippen LogP contribution in [0.15, 0.2) is 12.2 Å². The highest BCUT2D eigenvalue weighted by Gasteiger charge is 2.44. The van der Waals surface area contributed by atoms with Crippen molar-refractivity contribution in [3.63, 3.8) is 0 Å². The van der Waals surface area contributed by atoms with Gasteiger partial charge in [0.05, 0.1) is 13.2 Å². The fourth-order valence-electron chi connectivity index (χ4n) is 5.24. The van der Waals surface area contributed by atoms with E-state index in [4.69, 9.17) is 18.9 Å². The molecular formula is C35H64O10. The zero-order valence-corrected chi connectivity index (χ0v) is 28.1. The number of hydrogen-bond donors (Lipinski definition) is 4. The van der Waals surface area contributed by atoms with Gasteiger partial charge in [-0.2, -0.15) is 0 Å². The first-order valence-corrected chi connectivity index (χ1v) is 17.8. The number of aliphatic hydroxyl groups is 4. The highest BCUT2D eigenvalue weighted by molar-refractivity contribution is 5.70. The van der Waals surface area contributed by atoms with Gasteiger partial charge in [0.1, 0.15) is 31.0 Å². The Bertz CT molecular complexity index is 759. The third-order valence-corrected chi connectivity index (χ3v) is 8.15. The highest BCUT2D eigenvalue weighted by Crippen LogP contribution is 2.22. The van der Waals surface area contributed by atoms with E-state index >= 15 is 0 Å². The van der Waals surface area contributed by atoms with Crippen LogP contribution in [-0.2, 0) is 28.5 Å². The Morgan fingerprint density at radius 2 is 1.18 bits per heavy atom. The van der Waals surface area contributed by atoms with Gasteiger partial charge in [0.25, 0.3) is 0 Å². The van der Waals surface area contributed by atoms with Gasteiger partial charge in [-0.25, -0.2) is 0 Å². The van der Waals surface area contributed by atoms with Crippen LogP contribution in [0, 0.1) is 0 Å². The summed E-state index contributed by atoms with van der Waals surface area (Å²) in [5, 5.41) is 39.7. The summed E-state index contributed by atoms with van der Waals surface area (Å²) in [5.41, 5.74) is 0. The Hall–Kier alpha value is -1.56. The summed E-state index contributed by atoms with van der Waals surface area (Å²) in [5.74, 6) is -0.832. The van der Waals surface area contributed by atoms with Crippen molar-refractivity contribution >= 4 is 11.9 Å². The molecule has 1 aliphatic heterocycles. The number of allylic oxidation sites excluding steroid dienone is 2. The van der Waals surface area contributed by atoms with E-state index in [9.17, 15) is 30.0 Å². The van der Waals surface area contributed by atoms with E-state index in [1.54, 1.807) is 0 Å². The third kappa shape index (κ3) is 20.3. The summed E-state index contributed by atoms with van der Waals surface area (Å²) in [6.45, 7) is 3.32. The maximum absolute atomic E-state index is 12.6. The van der Waals surface area contributed by atoms with E-state index < -0.39 is 49.4 Å². The van der Waals surface area contributed by atoms with Crippen LogP contribution >= 0.6 is 0 Å². The van der Waals surface area contributed by atoms with Crippen molar-refractivity contribution in [3.8, 4) is 0 Å². The second kappa shape index (κ2) is 27.5. The molecule has 1 saturated heterocycles. The molecule has 2 unspecified atom stereocenters. The molecule has 264 valence electrons. The molecule has 45 heavy (non-hydrogen) atoms. The lowest BCUT2D eigenvalue weighted by Gasteiger charge is -2.39. The van der Waals surface area contributed by atoms with E-state index in [0.717, 1.165) is 51.4 Å². The molecule has 1 aliphatic rings. The quantitative estimate of drug-likeness (QED) is 0.0477. The van der Waals surface area contributed by atoms with Crippen LogP contribution < -0.4 is 0 Å². The number of esters is 2. The normalized spacial score (nSPS) is 22.5. The van der Waals surface area contributed by atoms with Crippen molar-refractivity contribution in [2.24, 2.45) is 0 Å². The van der Waals surface area contributed by atoms with Crippen LogP contribution in [0.4, 0.5) is 0 Å². The van der Waals surface area contributed by atoms with Crippen molar-refractivity contribution in [3.05, 3.63) is 12.2 Å². The molecule has 0 aromatic rings. The van der Waals surface area contributed by atoms with Gasteiger partial charge in [0.2, 0.25) is 0 Å². The average Bonchev–Trinajstić information content (AvgIpc) is 3.03. The van der Waals surface area contributed by atoms with Crippen LogP contribution in [0.5, 0.6) is 0 Å². The molecule has 0 spiro atoms. The topological polar surface area (TPSA) is 152 Å². The van der Waals surface area contributed by atoms with Crippen molar-refractivity contribution in [2.75, 3.05) is 19.8 Å². The van der Waals surface area contributed by atoms with Gasteiger partial charge in [-0.3, -0.25) is 9.59 Å². The summed E-state index contributed by atoms with van der Waals surface area (Å²) >= 11 is 0. The first-order chi connectivity index (χ1) is 21.8. The Morgan fingerprint density at radius 3 is 1.76 bits per heavy atom. The largest absolute Gasteiger partial charge is 0.462 e. The predicted octanol–water partition coefficient (Wildman–Crippen LogP) is 5.66. The molecule has 10 nitrogen and oxygen atoms in total. The van der Waals surface area contributed by atoms with Crippen LogP contribution in [0.3, 0.4) is 0 Å². The lowest BCUT2D eigenvalue weighted by molar-refractivity contribution is -0.305. The molecular weight excluding hydrogens is 580 g/mol. The van der Waals surface area contributed by atoms with Crippen LogP contribution in [0.2, 0.25) is 0 Å². The Kier molecular flexibility index (Phi) is 25.4. The summed E-state index contributed by atoms with van der Waals surface area (Å²) in [4.78, 5) is 24.9. The van der Waals surface area contributed by atoms with Gasteiger partial charge >= 0.3 is 11.9 Å². The van der Waals surface area contributed by atoms with E-state index in [0.29, 0.717) is 6.42 Å². The molecule has 6 atom stereocenters. The zero-order chi connectivity index (χ0) is 33.1. The Labute approximate surface area is 271 Å². The van der Waals surface area contributed by atoms with Gasteiger partial charge in [0.15, 0.2) is 12.4 Å².